The predicted octanol–water partition coefficient (Wildman–Crippen LogP) is 4.74. The van der Waals surface area contributed by atoms with Crippen LogP contribution in [0.3, 0.4) is 0 Å². The van der Waals surface area contributed by atoms with Gasteiger partial charge in [0.25, 0.3) is 0 Å². The molecule has 0 bridgehead atoms. The van der Waals surface area contributed by atoms with Crippen LogP contribution < -0.4 is 0 Å². The summed E-state index contributed by atoms with van der Waals surface area (Å²) in [6, 6.07) is 5.76. The minimum absolute atomic E-state index is 0.0275. The number of benzene rings is 1. The number of hydrogen-bond acceptors (Lipinski definition) is 0. The zero-order valence-corrected chi connectivity index (χ0v) is 10.2. The molecule has 0 aliphatic heterocycles. The average Bonchev–Trinajstić information content (AvgIpc) is 2.02. The Morgan fingerprint density at radius 1 is 1.46 bits per heavy atom. The van der Waals surface area contributed by atoms with Gasteiger partial charge in [-0.3, -0.25) is 0 Å². The first kappa shape index (κ1) is 11.1. The third-order valence-corrected chi connectivity index (χ3v) is 2.47. The molecule has 0 saturated heterocycles. The SMILES string of the molecule is CC(Cl)/C=C/c1ccc(Br)cc1Cl. The molecule has 1 unspecified atom stereocenters. The molecule has 0 spiro atoms. The van der Waals surface area contributed by atoms with Gasteiger partial charge in [0.1, 0.15) is 0 Å². The summed E-state index contributed by atoms with van der Waals surface area (Å²) in [5, 5.41) is 0.752. The molecule has 0 amide bonds. The van der Waals surface area contributed by atoms with Crippen molar-refractivity contribution in [2.75, 3.05) is 0 Å². The second kappa shape index (κ2) is 5.04. The van der Waals surface area contributed by atoms with Crippen LogP contribution in [0.15, 0.2) is 28.7 Å². The van der Waals surface area contributed by atoms with Crippen LogP contribution in [-0.2, 0) is 0 Å². The zero-order valence-electron chi connectivity index (χ0n) is 7.10. The topological polar surface area (TPSA) is 0 Å². The Kier molecular flexibility index (Phi) is 4.30. The summed E-state index contributed by atoms with van der Waals surface area (Å²) in [6.45, 7) is 1.91. The van der Waals surface area contributed by atoms with E-state index in [4.69, 9.17) is 23.2 Å². The lowest BCUT2D eigenvalue weighted by molar-refractivity contribution is 1.24. The lowest BCUT2D eigenvalue weighted by Crippen LogP contribution is -1.81. The molecular weight excluding hydrogens is 271 g/mol. The summed E-state index contributed by atoms with van der Waals surface area (Å²) < 4.78 is 0.980. The van der Waals surface area contributed by atoms with Gasteiger partial charge in [-0.05, 0) is 24.6 Å². The third-order valence-electron chi connectivity index (χ3n) is 1.50. The van der Waals surface area contributed by atoms with Crippen LogP contribution in [0, 0.1) is 0 Å². The fourth-order valence-corrected chi connectivity index (χ4v) is 1.68. The maximum Gasteiger partial charge on any atom is 0.0491 e. The summed E-state index contributed by atoms with van der Waals surface area (Å²) in [6.07, 6.45) is 3.82. The van der Waals surface area contributed by atoms with E-state index < -0.39 is 0 Å². The van der Waals surface area contributed by atoms with Crippen LogP contribution in [0.25, 0.3) is 6.08 Å². The fraction of sp³-hybridized carbons (Fsp3) is 0.200. The van der Waals surface area contributed by atoms with Gasteiger partial charge in [0.05, 0.1) is 0 Å². The monoisotopic (exact) mass is 278 g/mol. The maximum absolute atomic E-state index is 5.99. The molecule has 0 fully saturated rings. The molecule has 1 aromatic rings. The molecule has 0 aromatic heterocycles. The van der Waals surface area contributed by atoms with Crippen molar-refractivity contribution in [3.63, 3.8) is 0 Å². The highest BCUT2D eigenvalue weighted by Gasteiger charge is 1.97. The molecule has 1 aromatic carbocycles. The predicted molar refractivity (Wildman–Crippen MR) is 63.5 cm³/mol. The van der Waals surface area contributed by atoms with Crippen LogP contribution >= 0.6 is 39.1 Å². The van der Waals surface area contributed by atoms with Crippen LogP contribution in [0.2, 0.25) is 5.02 Å². The van der Waals surface area contributed by atoms with E-state index in [1.165, 1.54) is 0 Å². The molecule has 1 atom stereocenters. The van der Waals surface area contributed by atoms with Gasteiger partial charge in [-0.2, -0.15) is 0 Å². The van der Waals surface area contributed by atoms with Crippen molar-refractivity contribution >= 4 is 45.2 Å². The van der Waals surface area contributed by atoms with Gasteiger partial charge in [-0.15, -0.1) is 11.6 Å². The summed E-state index contributed by atoms with van der Waals surface area (Å²) in [5.41, 5.74) is 0.984. The van der Waals surface area contributed by atoms with Crippen LogP contribution in [0.5, 0.6) is 0 Å². The van der Waals surface area contributed by atoms with Crippen LogP contribution in [-0.4, -0.2) is 5.38 Å². The van der Waals surface area contributed by atoms with Gasteiger partial charge < -0.3 is 0 Å². The van der Waals surface area contributed by atoms with E-state index in [0.717, 1.165) is 15.1 Å². The average molecular weight is 280 g/mol. The van der Waals surface area contributed by atoms with Crippen LogP contribution in [0.4, 0.5) is 0 Å². The van der Waals surface area contributed by atoms with Crippen molar-refractivity contribution in [3.8, 4) is 0 Å². The molecule has 1 rings (SSSR count). The smallest absolute Gasteiger partial charge is 0.0491 e. The van der Waals surface area contributed by atoms with Gasteiger partial charge in [-0.1, -0.05) is 45.7 Å². The Labute approximate surface area is 96.7 Å². The quantitative estimate of drug-likeness (QED) is 0.686. The number of alkyl halides is 1. The van der Waals surface area contributed by atoms with Gasteiger partial charge in [0.15, 0.2) is 0 Å². The van der Waals surface area contributed by atoms with Crippen molar-refractivity contribution in [1.82, 2.24) is 0 Å². The highest BCUT2D eigenvalue weighted by atomic mass is 79.9. The summed E-state index contributed by atoms with van der Waals surface area (Å²) >= 11 is 15.1. The van der Waals surface area contributed by atoms with E-state index in [0.29, 0.717) is 0 Å². The number of halogens is 3. The van der Waals surface area contributed by atoms with E-state index in [1.54, 1.807) is 0 Å². The van der Waals surface area contributed by atoms with E-state index >= 15 is 0 Å². The number of hydrogen-bond donors (Lipinski definition) is 0. The molecule has 0 radical (unpaired) electrons. The van der Waals surface area contributed by atoms with Crippen molar-refractivity contribution < 1.29 is 0 Å². The molecule has 0 saturated carbocycles. The van der Waals surface area contributed by atoms with Gasteiger partial charge in [0.2, 0.25) is 0 Å². The molecule has 0 aliphatic carbocycles. The molecule has 70 valence electrons. The summed E-state index contributed by atoms with van der Waals surface area (Å²) in [5.74, 6) is 0. The Bertz CT molecular complexity index is 319. The normalized spacial score (nSPS) is 13.5. The second-order valence-corrected chi connectivity index (χ2v) is 4.71. The van der Waals surface area contributed by atoms with Gasteiger partial charge in [-0.25, -0.2) is 0 Å². The van der Waals surface area contributed by atoms with E-state index in [2.05, 4.69) is 15.9 Å². The minimum atomic E-state index is 0.0275. The maximum atomic E-state index is 5.99. The lowest BCUT2D eigenvalue weighted by atomic mass is 10.2. The van der Waals surface area contributed by atoms with Gasteiger partial charge >= 0.3 is 0 Å². The highest BCUT2D eigenvalue weighted by Crippen LogP contribution is 2.22. The Balaban J connectivity index is 2.90. The Hall–Kier alpha value is 0.0200. The van der Waals surface area contributed by atoms with E-state index in [-0.39, 0.29) is 5.38 Å². The highest BCUT2D eigenvalue weighted by molar-refractivity contribution is 9.10. The first-order chi connectivity index (χ1) is 6.09. The van der Waals surface area contributed by atoms with Crippen molar-refractivity contribution in [3.05, 3.63) is 39.3 Å². The molecule has 3 heteroatoms. The van der Waals surface area contributed by atoms with Crippen molar-refractivity contribution in [2.45, 2.75) is 12.3 Å². The van der Waals surface area contributed by atoms with Crippen molar-refractivity contribution in [1.29, 1.82) is 0 Å². The van der Waals surface area contributed by atoms with Crippen molar-refractivity contribution in [2.24, 2.45) is 0 Å². The van der Waals surface area contributed by atoms with Crippen LogP contribution in [0.1, 0.15) is 12.5 Å². The third kappa shape index (κ3) is 3.72. The van der Waals surface area contributed by atoms with E-state index in [9.17, 15) is 0 Å². The van der Waals surface area contributed by atoms with Gasteiger partial charge in [0, 0.05) is 14.9 Å². The molecule has 0 aliphatic rings. The number of rotatable bonds is 2. The standard InChI is InChI=1S/C10H9BrCl2/c1-7(12)2-3-8-4-5-9(11)6-10(8)13/h2-7H,1H3/b3-2+. The Morgan fingerprint density at radius 2 is 2.15 bits per heavy atom. The molecular formula is C10H9BrCl2. The fourth-order valence-electron chi connectivity index (χ4n) is 0.873. The lowest BCUT2D eigenvalue weighted by Gasteiger charge is -1.99. The number of allylic oxidation sites excluding steroid dienone is 1. The summed E-state index contributed by atoms with van der Waals surface area (Å²) in [7, 11) is 0. The Morgan fingerprint density at radius 3 is 2.69 bits per heavy atom. The molecule has 0 nitrogen and oxygen atoms in total. The first-order valence-electron chi connectivity index (χ1n) is 3.87. The largest absolute Gasteiger partial charge is 0.119 e. The van der Waals surface area contributed by atoms with E-state index in [1.807, 2.05) is 37.3 Å². The molecule has 13 heavy (non-hydrogen) atoms. The molecule has 0 N–H and O–H groups in total. The summed E-state index contributed by atoms with van der Waals surface area (Å²) in [4.78, 5) is 0. The molecule has 0 heterocycles. The zero-order chi connectivity index (χ0) is 9.84. The first-order valence-corrected chi connectivity index (χ1v) is 5.47. The minimum Gasteiger partial charge on any atom is -0.119 e. The second-order valence-electron chi connectivity index (χ2n) is 2.70.